The van der Waals surface area contributed by atoms with Crippen molar-refractivity contribution in [2.45, 2.75) is 59.8 Å². The third-order valence-corrected chi connectivity index (χ3v) is 2.34. The first-order chi connectivity index (χ1) is 6.52. The summed E-state index contributed by atoms with van der Waals surface area (Å²) in [5, 5.41) is 0. The Bertz CT molecular complexity index is 189. The van der Waals surface area contributed by atoms with Gasteiger partial charge < -0.3 is 4.79 Å². The van der Waals surface area contributed by atoms with Crippen molar-refractivity contribution < 1.29 is 4.79 Å². The van der Waals surface area contributed by atoms with E-state index in [4.69, 9.17) is 0 Å². The van der Waals surface area contributed by atoms with Gasteiger partial charge in [0.1, 0.15) is 5.78 Å². The minimum absolute atomic E-state index is 0.288. The van der Waals surface area contributed by atoms with Gasteiger partial charge in [0.25, 0.3) is 0 Å². The summed E-state index contributed by atoms with van der Waals surface area (Å²) in [4.78, 5) is 10.7. The molecular weight excluding hydrogens is 172 g/mol. The zero-order valence-corrected chi connectivity index (χ0v) is 10.1. The fraction of sp³-hybridized carbons (Fsp3) is 0.769. The van der Waals surface area contributed by atoms with Gasteiger partial charge in [0, 0.05) is 6.42 Å². The molecule has 1 nitrogen and oxygen atoms in total. The number of allylic oxidation sites excluding steroid dienone is 2. The topological polar surface area (TPSA) is 17.1 Å². The smallest absolute Gasteiger partial charge is 0.130 e. The van der Waals surface area contributed by atoms with Crippen LogP contribution >= 0.6 is 0 Å². The van der Waals surface area contributed by atoms with E-state index in [1.807, 2.05) is 0 Å². The summed E-state index contributed by atoms with van der Waals surface area (Å²) in [5.41, 5.74) is 1.44. The molecule has 0 unspecified atom stereocenters. The van der Waals surface area contributed by atoms with Crippen LogP contribution in [0.1, 0.15) is 59.8 Å². The Hall–Kier alpha value is -0.590. The van der Waals surface area contributed by atoms with Gasteiger partial charge in [-0.15, -0.1) is 0 Å². The maximum Gasteiger partial charge on any atom is 0.130 e. The average Bonchev–Trinajstić information content (AvgIpc) is 2.02. The van der Waals surface area contributed by atoms with Crippen LogP contribution in [0.25, 0.3) is 0 Å². The van der Waals surface area contributed by atoms with E-state index in [0.29, 0.717) is 6.42 Å². The molecule has 0 amide bonds. The van der Waals surface area contributed by atoms with Crippen LogP contribution in [0.15, 0.2) is 11.6 Å². The molecule has 0 aromatic carbocycles. The van der Waals surface area contributed by atoms with Crippen molar-refractivity contribution in [2.24, 2.45) is 5.92 Å². The van der Waals surface area contributed by atoms with E-state index < -0.39 is 0 Å². The Kier molecular flexibility index (Phi) is 7.45. The van der Waals surface area contributed by atoms with E-state index in [1.165, 1.54) is 24.8 Å². The largest absolute Gasteiger partial charge is 0.300 e. The van der Waals surface area contributed by atoms with Crippen molar-refractivity contribution in [3.05, 3.63) is 11.6 Å². The van der Waals surface area contributed by atoms with E-state index in [-0.39, 0.29) is 5.78 Å². The standard InChI is InChI=1S/C13H24O/c1-11(2)7-5-8-12(3)9-6-10-13(4)14/h9,11H,5-8,10H2,1-4H3/b12-9+. The maximum absolute atomic E-state index is 10.7. The van der Waals surface area contributed by atoms with E-state index in [1.54, 1.807) is 6.92 Å². The monoisotopic (exact) mass is 196 g/mol. The van der Waals surface area contributed by atoms with Crippen molar-refractivity contribution in [2.75, 3.05) is 0 Å². The summed E-state index contributed by atoms with van der Waals surface area (Å²) < 4.78 is 0. The minimum Gasteiger partial charge on any atom is -0.300 e. The van der Waals surface area contributed by atoms with Gasteiger partial charge in [-0.1, -0.05) is 31.9 Å². The molecule has 0 heterocycles. The van der Waals surface area contributed by atoms with Gasteiger partial charge >= 0.3 is 0 Å². The molecule has 1 heteroatoms. The lowest BCUT2D eigenvalue weighted by molar-refractivity contribution is -0.116. The molecule has 82 valence electrons. The van der Waals surface area contributed by atoms with Gasteiger partial charge in [-0.25, -0.2) is 0 Å². The molecule has 0 saturated heterocycles. The second kappa shape index (κ2) is 7.78. The third-order valence-electron chi connectivity index (χ3n) is 2.34. The predicted molar refractivity (Wildman–Crippen MR) is 62.4 cm³/mol. The summed E-state index contributed by atoms with van der Waals surface area (Å²) in [6.07, 6.45) is 7.60. The highest BCUT2D eigenvalue weighted by molar-refractivity contribution is 5.75. The molecule has 0 aromatic heterocycles. The molecule has 0 fully saturated rings. The van der Waals surface area contributed by atoms with Crippen LogP contribution in [0.2, 0.25) is 0 Å². The number of carbonyl (C=O) groups excluding carboxylic acids is 1. The summed E-state index contributed by atoms with van der Waals surface area (Å²) in [6.45, 7) is 8.34. The van der Waals surface area contributed by atoms with Crippen molar-refractivity contribution in [3.8, 4) is 0 Å². The lowest BCUT2D eigenvalue weighted by Crippen LogP contribution is -1.89. The Labute approximate surface area is 88.6 Å². The molecule has 0 saturated carbocycles. The second-order valence-electron chi connectivity index (χ2n) is 4.58. The van der Waals surface area contributed by atoms with Crippen molar-refractivity contribution in [3.63, 3.8) is 0 Å². The Balaban J connectivity index is 3.51. The molecule has 0 atom stereocenters. The zero-order chi connectivity index (χ0) is 11.0. The molecule has 0 radical (unpaired) electrons. The molecule has 0 spiro atoms. The van der Waals surface area contributed by atoms with Crippen LogP contribution in [-0.4, -0.2) is 5.78 Å². The summed E-state index contributed by atoms with van der Waals surface area (Å²) in [7, 11) is 0. The van der Waals surface area contributed by atoms with Gasteiger partial charge in [-0.3, -0.25) is 0 Å². The number of hydrogen-bond donors (Lipinski definition) is 0. The molecule has 0 bridgehead atoms. The molecular formula is C13H24O. The Morgan fingerprint density at radius 2 is 1.86 bits per heavy atom. The highest BCUT2D eigenvalue weighted by Gasteiger charge is 1.96. The van der Waals surface area contributed by atoms with Crippen molar-refractivity contribution in [1.82, 2.24) is 0 Å². The fourth-order valence-electron chi connectivity index (χ4n) is 1.41. The van der Waals surface area contributed by atoms with Gasteiger partial charge in [0.2, 0.25) is 0 Å². The van der Waals surface area contributed by atoms with Gasteiger partial charge in [0.05, 0.1) is 0 Å². The van der Waals surface area contributed by atoms with Crippen LogP contribution in [0.4, 0.5) is 0 Å². The second-order valence-corrected chi connectivity index (χ2v) is 4.58. The first kappa shape index (κ1) is 13.4. The predicted octanol–water partition coefficient (Wildman–Crippen LogP) is 4.13. The highest BCUT2D eigenvalue weighted by Crippen LogP contribution is 2.12. The number of rotatable bonds is 7. The molecule has 14 heavy (non-hydrogen) atoms. The minimum atomic E-state index is 0.288. The first-order valence-corrected chi connectivity index (χ1v) is 5.67. The molecule has 0 aliphatic heterocycles. The molecule has 0 rings (SSSR count). The lowest BCUT2D eigenvalue weighted by Gasteiger charge is -2.04. The van der Waals surface area contributed by atoms with E-state index in [2.05, 4.69) is 26.8 Å². The summed E-state index contributed by atoms with van der Waals surface area (Å²) in [5.74, 6) is 1.09. The van der Waals surface area contributed by atoms with Crippen molar-refractivity contribution >= 4 is 5.78 Å². The zero-order valence-electron chi connectivity index (χ0n) is 10.1. The van der Waals surface area contributed by atoms with Crippen LogP contribution in [0.5, 0.6) is 0 Å². The van der Waals surface area contributed by atoms with Gasteiger partial charge in [-0.2, -0.15) is 0 Å². The number of carbonyl (C=O) groups is 1. The van der Waals surface area contributed by atoms with E-state index in [0.717, 1.165) is 12.3 Å². The maximum atomic E-state index is 10.7. The normalized spacial score (nSPS) is 12.2. The van der Waals surface area contributed by atoms with E-state index in [9.17, 15) is 4.79 Å². The average molecular weight is 196 g/mol. The lowest BCUT2D eigenvalue weighted by atomic mass is 10.0. The molecule has 0 aromatic rings. The summed E-state index contributed by atoms with van der Waals surface area (Å²) >= 11 is 0. The number of Topliss-reactive ketones (excluding diaryl/α,β-unsaturated/α-hetero) is 1. The SMILES string of the molecule is CC(=O)CC/C=C(\C)CCCC(C)C. The molecule has 0 aliphatic rings. The fourth-order valence-corrected chi connectivity index (χ4v) is 1.41. The van der Waals surface area contributed by atoms with Gasteiger partial charge in [-0.05, 0) is 39.0 Å². The quantitative estimate of drug-likeness (QED) is 0.560. The van der Waals surface area contributed by atoms with Crippen molar-refractivity contribution in [1.29, 1.82) is 0 Å². The van der Waals surface area contributed by atoms with Crippen LogP contribution < -0.4 is 0 Å². The highest BCUT2D eigenvalue weighted by atomic mass is 16.1. The Morgan fingerprint density at radius 1 is 1.21 bits per heavy atom. The van der Waals surface area contributed by atoms with Gasteiger partial charge in [0.15, 0.2) is 0 Å². The number of hydrogen-bond acceptors (Lipinski definition) is 1. The van der Waals surface area contributed by atoms with Crippen LogP contribution in [-0.2, 0) is 4.79 Å². The van der Waals surface area contributed by atoms with Crippen LogP contribution in [0.3, 0.4) is 0 Å². The number of ketones is 1. The summed E-state index contributed by atoms with van der Waals surface area (Å²) in [6, 6.07) is 0. The van der Waals surface area contributed by atoms with Crippen LogP contribution in [0, 0.1) is 5.92 Å². The molecule has 0 aliphatic carbocycles. The third kappa shape index (κ3) is 9.50. The van der Waals surface area contributed by atoms with E-state index >= 15 is 0 Å². The first-order valence-electron chi connectivity index (χ1n) is 5.67. The molecule has 0 N–H and O–H groups in total. The Morgan fingerprint density at radius 3 is 2.36 bits per heavy atom.